The van der Waals surface area contributed by atoms with Gasteiger partial charge in [-0.05, 0) is 18.2 Å². The Hall–Kier alpha value is -1.30. The molecule has 0 aliphatic rings. The van der Waals surface area contributed by atoms with Gasteiger partial charge in [0.15, 0.2) is 6.10 Å². The molecule has 0 heterocycles. The zero-order chi connectivity index (χ0) is 13.0. The number of nitrogens with one attached hydrogen (secondary N) is 1. The van der Waals surface area contributed by atoms with Crippen LogP contribution in [0.25, 0.3) is 0 Å². The van der Waals surface area contributed by atoms with E-state index >= 15 is 0 Å². The van der Waals surface area contributed by atoms with E-state index in [1.165, 1.54) is 18.2 Å². The first kappa shape index (κ1) is 13.8. The van der Waals surface area contributed by atoms with Crippen molar-refractivity contribution < 1.29 is 19.8 Å². The number of amides is 1. The van der Waals surface area contributed by atoms with Gasteiger partial charge in [0.1, 0.15) is 0 Å². The minimum absolute atomic E-state index is 0.338. The van der Waals surface area contributed by atoms with E-state index in [0.29, 0.717) is 15.7 Å². The SMILES string of the molecule is O=C(C[C@@H](O)C(=O)O)Nc1cc(Cl)cc(Cl)c1. The molecule has 1 aromatic rings. The van der Waals surface area contributed by atoms with Crippen molar-refractivity contribution in [3.05, 3.63) is 28.2 Å². The molecular weight excluding hydrogens is 269 g/mol. The van der Waals surface area contributed by atoms with Crippen molar-refractivity contribution in [2.45, 2.75) is 12.5 Å². The maximum absolute atomic E-state index is 11.3. The second-order valence-electron chi connectivity index (χ2n) is 3.26. The first-order valence-corrected chi connectivity index (χ1v) is 5.31. The van der Waals surface area contributed by atoms with Gasteiger partial charge < -0.3 is 15.5 Å². The number of hydrogen-bond acceptors (Lipinski definition) is 3. The Morgan fingerprint density at radius 1 is 1.24 bits per heavy atom. The zero-order valence-electron chi connectivity index (χ0n) is 8.48. The number of carbonyl (C=O) groups is 2. The minimum Gasteiger partial charge on any atom is -0.479 e. The van der Waals surface area contributed by atoms with Gasteiger partial charge in [-0.15, -0.1) is 0 Å². The molecular formula is C10H9Cl2NO4. The monoisotopic (exact) mass is 277 g/mol. The Balaban J connectivity index is 2.65. The molecule has 1 amide bonds. The third-order valence-corrected chi connectivity index (χ3v) is 2.25. The van der Waals surface area contributed by atoms with Gasteiger partial charge in [-0.2, -0.15) is 0 Å². The molecule has 1 rings (SSSR count). The summed E-state index contributed by atoms with van der Waals surface area (Å²) in [7, 11) is 0. The molecule has 17 heavy (non-hydrogen) atoms. The molecule has 92 valence electrons. The number of rotatable bonds is 4. The molecule has 5 nitrogen and oxygen atoms in total. The lowest BCUT2D eigenvalue weighted by Gasteiger charge is -2.08. The van der Waals surface area contributed by atoms with Crippen molar-refractivity contribution >= 4 is 40.8 Å². The van der Waals surface area contributed by atoms with E-state index in [0.717, 1.165) is 0 Å². The van der Waals surface area contributed by atoms with Gasteiger partial charge in [-0.3, -0.25) is 4.79 Å². The Morgan fingerprint density at radius 2 is 1.76 bits per heavy atom. The fourth-order valence-electron chi connectivity index (χ4n) is 1.10. The number of halogens is 2. The highest BCUT2D eigenvalue weighted by Gasteiger charge is 2.17. The summed E-state index contributed by atoms with van der Waals surface area (Å²) in [5.74, 6) is -2.09. The molecule has 0 bridgehead atoms. The van der Waals surface area contributed by atoms with Crippen LogP contribution >= 0.6 is 23.2 Å². The minimum atomic E-state index is -1.73. The first-order chi connectivity index (χ1) is 7.88. The predicted molar refractivity (Wildman–Crippen MR) is 63.4 cm³/mol. The van der Waals surface area contributed by atoms with Crippen LogP contribution in [-0.2, 0) is 9.59 Å². The quantitative estimate of drug-likeness (QED) is 0.783. The van der Waals surface area contributed by atoms with Gasteiger partial charge in [0.05, 0.1) is 6.42 Å². The smallest absolute Gasteiger partial charge is 0.333 e. The molecule has 0 aromatic heterocycles. The van der Waals surface area contributed by atoms with Crippen LogP contribution in [0.4, 0.5) is 5.69 Å². The number of carboxylic acids is 1. The summed E-state index contributed by atoms with van der Waals surface area (Å²) in [5.41, 5.74) is 0.338. The van der Waals surface area contributed by atoms with Crippen LogP contribution in [0.15, 0.2) is 18.2 Å². The summed E-state index contributed by atoms with van der Waals surface area (Å²) in [5, 5.41) is 20.4. The lowest BCUT2D eigenvalue weighted by molar-refractivity contribution is -0.148. The molecule has 0 aliphatic heterocycles. The maximum Gasteiger partial charge on any atom is 0.333 e. The third kappa shape index (κ3) is 4.60. The molecule has 3 N–H and O–H groups in total. The molecule has 1 atom stereocenters. The van der Waals surface area contributed by atoms with Gasteiger partial charge >= 0.3 is 5.97 Å². The van der Waals surface area contributed by atoms with Crippen molar-refractivity contribution in [3.63, 3.8) is 0 Å². The molecule has 0 spiro atoms. The van der Waals surface area contributed by atoms with Crippen LogP contribution in [0.1, 0.15) is 6.42 Å². The van der Waals surface area contributed by atoms with Gasteiger partial charge in [0.25, 0.3) is 0 Å². The predicted octanol–water partition coefficient (Wildman–Crippen LogP) is 1.77. The highest BCUT2D eigenvalue weighted by atomic mass is 35.5. The fourth-order valence-corrected chi connectivity index (χ4v) is 1.63. The summed E-state index contributed by atoms with van der Waals surface area (Å²) in [6.07, 6.45) is -2.27. The van der Waals surface area contributed by atoms with Crippen LogP contribution in [0, 0.1) is 0 Å². The van der Waals surface area contributed by atoms with E-state index in [1.807, 2.05) is 0 Å². The topological polar surface area (TPSA) is 86.6 Å². The highest BCUT2D eigenvalue weighted by molar-refractivity contribution is 6.35. The molecule has 7 heteroatoms. The lowest BCUT2D eigenvalue weighted by Crippen LogP contribution is -2.26. The van der Waals surface area contributed by atoms with Crippen LogP contribution in [0.2, 0.25) is 10.0 Å². The summed E-state index contributed by atoms with van der Waals surface area (Å²) in [4.78, 5) is 21.7. The van der Waals surface area contributed by atoms with Gasteiger partial charge in [-0.25, -0.2) is 4.79 Å². The van der Waals surface area contributed by atoms with Gasteiger partial charge in [0, 0.05) is 15.7 Å². The molecule has 0 radical (unpaired) electrons. The second kappa shape index (κ2) is 5.86. The first-order valence-electron chi connectivity index (χ1n) is 4.55. The Bertz CT molecular complexity index is 430. The largest absolute Gasteiger partial charge is 0.479 e. The van der Waals surface area contributed by atoms with Crippen molar-refractivity contribution in [1.29, 1.82) is 0 Å². The van der Waals surface area contributed by atoms with Crippen molar-refractivity contribution in [2.75, 3.05) is 5.32 Å². The number of anilines is 1. The molecule has 1 aromatic carbocycles. The van der Waals surface area contributed by atoms with Gasteiger partial charge in [0.2, 0.25) is 5.91 Å². The summed E-state index contributed by atoms with van der Waals surface area (Å²) < 4.78 is 0. The Kier molecular flexibility index (Phi) is 4.74. The van der Waals surface area contributed by atoms with E-state index in [2.05, 4.69) is 5.32 Å². The lowest BCUT2D eigenvalue weighted by atomic mass is 10.2. The summed E-state index contributed by atoms with van der Waals surface area (Å²) >= 11 is 11.4. The van der Waals surface area contributed by atoms with E-state index < -0.39 is 24.4 Å². The van der Waals surface area contributed by atoms with E-state index in [9.17, 15) is 9.59 Å². The Labute approximate surface area is 107 Å². The fraction of sp³-hybridized carbons (Fsp3) is 0.200. The van der Waals surface area contributed by atoms with Crippen LogP contribution < -0.4 is 5.32 Å². The highest BCUT2D eigenvalue weighted by Crippen LogP contribution is 2.22. The number of aliphatic hydroxyl groups excluding tert-OH is 1. The average molecular weight is 278 g/mol. The van der Waals surface area contributed by atoms with Crippen LogP contribution in [-0.4, -0.2) is 28.2 Å². The molecule has 0 saturated heterocycles. The Morgan fingerprint density at radius 3 is 2.24 bits per heavy atom. The molecule has 0 fully saturated rings. The molecule has 0 saturated carbocycles. The number of hydrogen-bond donors (Lipinski definition) is 3. The van der Waals surface area contributed by atoms with Crippen LogP contribution in [0.5, 0.6) is 0 Å². The zero-order valence-corrected chi connectivity index (χ0v) is 10.00. The standard InChI is InChI=1S/C10H9Cl2NO4/c11-5-1-6(12)3-7(2-5)13-9(15)4-8(14)10(16)17/h1-3,8,14H,4H2,(H,13,15)(H,16,17)/t8-/m1/s1. The number of carbonyl (C=O) groups excluding carboxylic acids is 1. The summed E-state index contributed by atoms with van der Waals surface area (Å²) in [6.45, 7) is 0. The number of aliphatic hydroxyl groups is 1. The van der Waals surface area contributed by atoms with E-state index in [-0.39, 0.29) is 0 Å². The third-order valence-electron chi connectivity index (χ3n) is 1.81. The molecule has 0 aliphatic carbocycles. The van der Waals surface area contributed by atoms with E-state index in [4.69, 9.17) is 33.4 Å². The second-order valence-corrected chi connectivity index (χ2v) is 4.14. The number of benzene rings is 1. The van der Waals surface area contributed by atoms with Gasteiger partial charge in [-0.1, -0.05) is 23.2 Å². The van der Waals surface area contributed by atoms with Crippen LogP contribution in [0.3, 0.4) is 0 Å². The van der Waals surface area contributed by atoms with Crippen molar-refractivity contribution in [3.8, 4) is 0 Å². The van der Waals surface area contributed by atoms with Crippen molar-refractivity contribution in [2.24, 2.45) is 0 Å². The van der Waals surface area contributed by atoms with Crippen molar-refractivity contribution in [1.82, 2.24) is 0 Å². The number of aliphatic carboxylic acids is 1. The van der Waals surface area contributed by atoms with E-state index in [1.54, 1.807) is 0 Å². The maximum atomic E-state index is 11.3. The number of carboxylic acid groups (broad SMARTS) is 1. The summed E-state index contributed by atoms with van der Waals surface area (Å²) in [6, 6.07) is 4.40. The average Bonchev–Trinajstić information content (AvgIpc) is 2.14. The normalized spacial score (nSPS) is 11.9. The molecule has 0 unspecified atom stereocenters.